The minimum Gasteiger partial charge on any atom is -0.326 e. The van der Waals surface area contributed by atoms with E-state index in [0.717, 1.165) is 6.26 Å². The van der Waals surface area contributed by atoms with Crippen LogP contribution >= 0.6 is 0 Å². The summed E-state index contributed by atoms with van der Waals surface area (Å²) in [7, 11) is -3.39. The second kappa shape index (κ2) is 6.41. The molecule has 0 fully saturated rings. The monoisotopic (exact) mass is 314 g/mol. The Balaban J connectivity index is 2.18. The van der Waals surface area contributed by atoms with E-state index >= 15 is 0 Å². The second-order valence-corrected chi connectivity index (χ2v) is 6.78. The van der Waals surface area contributed by atoms with Gasteiger partial charge in [0, 0.05) is 11.9 Å². The third kappa shape index (κ3) is 3.93. The summed E-state index contributed by atoms with van der Waals surface area (Å²) >= 11 is 0. The predicted octanol–water partition coefficient (Wildman–Crippen LogP) is 2.14. The summed E-state index contributed by atoms with van der Waals surface area (Å²) in [6, 6.07) is 14.9. The highest BCUT2D eigenvalue weighted by Gasteiger charge is 2.15. The molecule has 112 valence electrons. The molecule has 0 unspecified atom stereocenters. The second-order valence-electron chi connectivity index (χ2n) is 4.80. The summed E-state index contributed by atoms with van der Waals surface area (Å²) in [5.74, 6) is -0.341. The van der Waals surface area contributed by atoms with Crippen LogP contribution in [0.15, 0.2) is 53.4 Å². The Morgan fingerprint density at radius 2 is 1.91 bits per heavy atom. The molecule has 0 aliphatic carbocycles. The van der Waals surface area contributed by atoms with E-state index in [9.17, 15) is 13.2 Å². The molecule has 6 heteroatoms. The topological polar surface area (TPSA) is 87.0 Å². The van der Waals surface area contributed by atoms with Gasteiger partial charge in [-0.2, -0.15) is 5.26 Å². The lowest BCUT2D eigenvalue weighted by atomic mass is 10.1. The molecule has 0 aliphatic heterocycles. The van der Waals surface area contributed by atoms with Crippen LogP contribution in [0.5, 0.6) is 0 Å². The number of carbonyl (C=O) groups is 1. The molecule has 5 nitrogen and oxygen atoms in total. The number of nitriles is 1. The first-order chi connectivity index (χ1) is 10.4. The van der Waals surface area contributed by atoms with E-state index in [4.69, 9.17) is 5.26 Å². The lowest BCUT2D eigenvalue weighted by Crippen LogP contribution is -2.16. The van der Waals surface area contributed by atoms with Crippen molar-refractivity contribution in [2.45, 2.75) is 11.3 Å². The van der Waals surface area contributed by atoms with Gasteiger partial charge in [-0.05, 0) is 29.8 Å². The summed E-state index contributed by atoms with van der Waals surface area (Å²) in [4.78, 5) is 12.2. The maximum atomic E-state index is 12.1. The van der Waals surface area contributed by atoms with E-state index in [2.05, 4.69) is 5.32 Å². The minimum absolute atomic E-state index is 0.0555. The molecule has 1 amide bonds. The summed E-state index contributed by atoms with van der Waals surface area (Å²) in [6.45, 7) is 0. The van der Waals surface area contributed by atoms with E-state index in [1.807, 2.05) is 6.07 Å². The van der Waals surface area contributed by atoms with Crippen molar-refractivity contribution in [3.05, 3.63) is 59.7 Å². The predicted molar refractivity (Wildman–Crippen MR) is 83.0 cm³/mol. The Kier molecular flexibility index (Phi) is 4.59. The Bertz CT molecular complexity index is 852. The first-order valence-electron chi connectivity index (χ1n) is 6.48. The third-order valence-corrected chi connectivity index (χ3v) is 4.20. The largest absolute Gasteiger partial charge is 0.326 e. The molecule has 0 aromatic heterocycles. The van der Waals surface area contributed by atoms with Gasteiger partial charge in [0.2, 0.25) is 5.91 Å². The van der Waals surface area contributed by atoms with Crippen LogP contribution in [0.4, 0.5) is 5.69 Å². The van der Waals surface area contributed by atoms with Crippen LogP contribution in [-0.4, -0.2) is 20.6 Å². The van der Waals surface area contributed by atoms with Crippen molar-refractivity contribution in [3.63, 3.8) is 0 Å². The molecule has 0 bridgehead atoms. The SMILES string of the molecule is CS(=O)(=O)c1ccccc1CC(=O)Nc1cccc(C#N)c1. The van der Waals surface area contributed by atoms with Crippen molar-refractivity contribution in [2.24, 2.45) is 0 Å². The molecule has 22 heavy (non-hydrogen) atoms. The van der Waals surface area contributed by atoms with Gasteiger partial charge < -0.3 is 5.32 Å². The van der Waals surface area contributed by atoms with E-state index in [1.54, 1.807) is 42.5 Å². The molecular formula is C16H14N2O3S. The molecule has 2 aromatic rings. The maximum Gasteiger partial charge on any atom is 0.228 e. The molecular weight excluding hydrogens is 300 g/mol. The first-order valence-corrected chi connectivity index (χ1v) is 8.37. The highest BCUT2D eigenvalue weighted by molar-refractivity contribution is 7.90. The Labute approximate surface area is 129 Å². The van der Waals surface area contributed by atoms with Gasteiger partial charge in [0.05, 0.1) is 22.9 Å². The fourth-order valence-electron chi connectivity index (χ4n) is 2.06. The third-order valence-electron chi connectivity index (χ3n) is 3.00. The zero-order valence-electron chi connectivity index (χ0n) is 11.9. The first kappa shape index (κ1) is 15.7. The zero-order valence-corrected chi connectivity index (χ0v) is 12.7. The van der Waals surface area contributed by atoms with Crippen LogP contribution in [0.25, 0.3) is 0 Å². The fourth-order valence-corrected chi connectivity index (χ4v) is 3.00. The number of amides is 1. The Morgan fingerprint density at radius 3 is 2.59 bits per heavy atom. The number of nitrogens with one attached hydrogen (secondary N) is 1. The van der Waals surface area contributed by atoms with Gasteiger partial charge in [-0.3, -0.25) is 4.79 Å². The average molecular weight is 314 g/mol. The van der Waals surface area contributed by atoms with Crippen molar-refractivity contribution in [2.75, 3.05) is 11.6 Å². The van der Waals surface area contributed by atoms with Crippen LogP contribution in [0.1, 0.15) is 11.1 Å². The van der Waals surface area contributed by atoms with Crippen molar-refractivity contribution in [1.82, 2.24) is 0 Å². The van der Waals surface area contributed by atoms with Gasteiger partial charge in [0.15, 0.2) is 9.84 Å². The normalized spacial score (nSPS) is 10.7. The molecule has 0 saturated heterocycles. The molecule has 1 N–H and O–H groups in total. The molecule has 0 saturated carbocycles. The van der Waals surface area contributed by atoms with E-state index in [-0.39, 0.29) is 17.2 Å². The summed E-state index contributed by atoms with van der Waals surface area (Å²) in [5.41, 5.74) is 1.38. The van der Waals surface area contributed by atoms with Gasteiger partial charge >= 0.3 is 0 Å². The van der Waals surface area contributed by atoms with E-state index < -0.39 is 9.84 Å². The van der Waals surface area contributed by atoms with Crippen LogP contribution in [0.2, 0.25) is 0 Å². The minimum atomic E-state index is -3.39. The van der Waals surface area contributed by atoms with Gasteiger partial charge in [-0.25, -0.2) is 8.42 Å². The van der Waals surface area contributed by atoms with E-state index in [0.29, 0.717) is 16.8 Å². The fraction of sp³-hybridized carbons (Fsp3) is 0.125. The maximum absolute atomic E-state index is 12.1. The number of benzene rings is 2. The summed E-state index contributed by atoms with van der Waals surface area (Å²) < 4.78 is 23.4. The molecule has 2 rings (SSSR count). The molecule has 0 atom stereocenters. The number of hydrogen-bond acceptors (Lipinski definition) is 4. The molecule has 0 heterocycles. The van der Waals surface area contributed by atoms with Gasteiger partial charge in [-0.15, -0.1) is 0 Å². The Morgan fingerprint density at radius 1 is 1.18 bits per heavy atom. The Hall–Kier alpha value is -2.65. The van der Waals surface area contributed by atoms with Gasteiger partial charge in [0.25, 0.3) is 0 Å². The average Bonchev–Trinajstić information content (AvgIpc) is 2.46. The van der Waals surface area contributed by atoms with Crippen molar-refractivity contribution in [3.8, 4) is 6.07 Å². The molecule has 0 spiro atoms. The molecule has 0 aliphatic rings. The number of nitrogens with zero attached hydrogens (tertiary/aromatic N) is 1. The highest BCUT2D eigenvalue weighted by atomic mass is 32.2. The number of hydrogen-bond donors (Lipinski definition) is 1. The molecule has 0 radical (unpaired) electrons. The zero-order chi connectivity index (χ0) is 16.2. The van der Waals surface area contributed by atoms with Crippen molar-refractivity contribution in [1.29, 1.82) is 5.26 Å². The lowest BCUT2D eigenvalue weighted by molar-refractivity contribution is -0.115. The quantitative estimate of drug-likeness (QED) is 0.936. The standard InChI is InChI=1S/C16H14N2O3S/c1-22(20,21)15-8-3-2-6-13(15)10-16(19)18-14-7-4-5-12(9-14)11-17/h2-9H,10H2,1H3,(H,18,19). The van der Waals surface area contributed by atoms with Crippen molar-refractivity contribution >= 4 is 21.4 Å². The number of anilines is 1. The number of sulfone groups is 1. The van der Waals surface area contributed by atoms with Crippen LogP contribution < -0.4 is 5.32 Å². The van der Waals surface area contributed by atoms with Gasteiger partial charge in [0.1, 0.15) is 0 Å². The summed E-state index contributed by atoms with van der Waals surface area (Å²) in [6.07, 6.45) is 1.06. The van der Waals surface area contributed by atoms with Crippen molar-refractivity contribution < 1.29 is 13.2 Å². The number of carbonyl (C=O) groups excluding carboxylic acids is 1. The smallest absolute Gasteiger partial charge is 0.228 e. The molecule has 2 aromatic carbocycles. The van der Waals surface area contributed by atoms with Gasteiger partial charge in [-0.1, -0.05) is 24.3 Å². The van der Waals surface area contributed by atoms with Crippen LogP contribution in [0.3, 0.4) is 0 Å². The lowest BCUT2D eigenvalue weighted by Gasteiger charge is -2.09. The van der Waals surface area contributed by atoms with Crippen LogP contribution in [-0.2, 0) is 21.1 Å². The van der Waals surface area contributed by atoms with E-state index in [1.165, 1.54) is 6.07 Å². The highest BCUT2D eigenvalue weighted by Crippen LogP contribution is 2.17. The summed E-state index contributed by atoms with van der Waals surface area (Å²) in [5, 5.41) is 11.5. The van der Waals surface area contributed by atoms with Crippen LogP contribution in [0, 0.1) is 11.3 Å². The number of rotatable bonds is 4.